The first-order chi connectivity index (χ1) is 46.2. The van der Waals surface area contributed by atoms with Gasteiger partial charge in [0, 0.05) is 26.4 Å². The van der Waals surface area contributed by atoms with E-state index >= 15 is 0 Å². The quantitative estimate of drug-likeness (QED) is 0.0267. The van der Waals surface area contributed by atoms with Crippen LogP contribution in [0.4, 0.5) is 0 Å². The van der Waals surface area contributed by atoms with Gasteiger partial charge in [-0.05, 0) is 149 Å². The molecule has 0 spiro atoms. The molecule has 0 unspecified atom stereocenters. The van der Waals surface area contributed by atoms with Gasteiger partial charge in [-0.25, -0.2) is 0 Å². The summed E-state index contributed by atoms with van der Waals surface area (Å²) in [6, 6.07) is 79.5. The molecule has 0 aliphatic heterocycles. The lowest BCUT2D eigenvalue weighted by atomic mass is 9.80. The summed E-state index contributed by atoms with van der Waals surface area (Å²) in [4.78, 5) is 0. The maximum atomic E-state index is 7.24. The van der Waals surface area contributed by atoms with Crippen LogP contribution in [-0.4, -0.2) is 115 Å². The highest BCUT2D eigenvalue weighted by Gasteiger charge is 2.41. The zero-order chi connectivity index (χ0) is 65.7. The number of hydrogen-bond acceptors (Lipinski definition) is 13. The Labute approximate surface area is 556 Å². The van der Waals surface area contributed by atoms with E-state index in [1.54, 1.807) is 42.7 Å². The fraction of sp³-hybridized carbons (Fsp3) is 0.333. The van der Waals surface area contributed by atoms with Crippen molar-refractivity contribution in [1.82, 2.24) is 0 Å². The van der Waals surface area contributed by atoms with E-state index in [0.29, 0.717) is 91.9 Å². The van der Waals surface area contributed by atoms with Crippen molar-refractivity contribution in [2.45, 2.75) is 55.8 Å². The smallest absolute Gasteiger partial charge is 0.143 e. The van der Waals surface area contributed by atoms with Crippen molar-refractivity contribution >= 4 is 0 Å². The molecule has 0 heterocycles. The minimum absolute atomic E-state index is 0.297. The summed E-state index contributed by atoms with van der Waals surface area (Å²) >= 11 is 0. The van der Waals surface area contributed by atoms with Crippen LogP contribution in [0.3, 0.4) is 0 Å². The maximum absolute atomic E-state index is 7.24. The summed E-state index contributed by atoms with van der Waals surface area (Å²) in [6.07, 6.45) is 3.65. The molecule has 0 N–H and O–H groups in total. The number of rotatable bonds is 41. The van der Waals surface area contributed by atoms with E-state index in [1.807, 2.05) is 127 Å². The van der Waals surface area contributed by atoms with Crippen molar-refractivity contribution < 1.29 is 61.6 Å². The molecule has 0 aromatic heterocycles. The molecule has 9 rings (SSSR count). The fourth-order valence-electron chi connectivity index (χ4n) is 12.0. The monoisotopic (exact) mass is 1270 g/mol. The molecule has 494 valence electrons. The molecule has 9 aromatic rings. The molecule has 13 heteroatoms. The van der Waals surface area contributed by atoms with E-state index in [0.717, 1.165) is 97.4 Å². The van der Waals surface area contributed by atoms with Gasteiger partial charge >= 0.3 is 0 Å². The summed E-state index contributed by atoms with van der Waals surface area (Å²) < 4.78 is 82.4. The van der Waals surface area contributed by atoms with E-state index in [9.17, 15) is 0 Å². The average molecular weight is 1270 g/mol. The second-order valence-corrected chi connectivity index (χ2v) is 23.2. The van der Waals surface area contributed by atoms with Gasteiger partial charge in [-0.15, -0.1) is 0 Å². The van der Waals surface area contributed by atoms with Gasteiger partial charge in [-0.1, -0.05) is 177 Å². The van der Waals surface area contributed by atoms with E-state index in [1.165, 1.54) is 0 Å². The van der Waals surface area contributed by atoms with Crippen LogP contribution in [0.25, 0.3) is 0 Å². The van der Waals surface area contributed by atoms with Gasteiger partial charge in [0.25, 0.3) is 0 Å². The maximum Gasteiger partial charge on any atom is 0.143 e. The molecular formula is C81H92O13. The van der Waals surface area contributed by atoms with Crippen LogP contribution in [0.5, 0.6) is 34.5 Å². The van der Waals surface area contributed by atoms with Crippen LogP contribution < -0.4 is 28.4 Å². The third kappa shape index (κ3) is 17.3. The summed E-state index contributed by atoms with van der Waals surface area (Å²) in [5.74, 6) is 4.53. The van der Waals surface area contributed by atoms with Gasteiger partial charge in [0.2, 0.25) is 0 Å². The Morgan fingerprint density at radius 2 is 0.415 bits per heavy atom. The SMILES string of the molecule is CCCCOCC(COCCCOC(c1ccccc1)(c1ccc(OC)cc1)c1ccc(OC)cc1)(COCCCOC(c1ccccc1)(c1ccc(OC)cc1)c1ccc(OC)cc1)COCCCOC(c1ccccc1)(c1ccc(OC)cc1)c1ccc(OC)cc1. The largest absolute Gasteiger partial charge is 0.497 e. The number of benzene rings is 9. The predicted octanol–water partition coefficient (Wildman–Crippen LogP) is 16.1. The van der Waals surface area contributed by atoms with Crippen LogP contribution in [0, 0.1) is 5.41 Å². The molecular weight excluding hydrogens is 1180 g/mol. The lowest BCUT2D eigenvalue weighted by molar-refractivity contribution is -0.112. The molecule has 0 aliphatic carbocycles. The van der Waals surface area contributed by atoms with Crippen molar-refractivity contribution in [3.8, 4) is 34.5 Å². The van der Waals surface area contributed by atoms with E-state index in [4.69, 9.17) is 61.6 Å². The molecule has 0 bridgehead atoms. The number of hydrogen-bond donors (Lipinski definition) is 0. The Bertz CT molecular complexity index is 3040. The van der Waals surface area contributed by atoms with Gasteiger partial charge in [0.05, 0.1) is 94.3 Å². The van der Waals surface area contributed by atoms with Crippen LogP contribution in [0.1, 0.15) is 89.1 Å². The molecule has 0 saturated heterocycles. The topological polar surface area (TPSA) is 120 Å². The Balaban J connectivity index is 0.954. The Morgan fingerprint density at radius 1 is 0.223 bits per heavy atom. The second-order valence-electron chi connectivity index (χ2n) is 23.2. The molecule has 0 atom stereocenters. The molecule has 0 fully saturated rings. The zero-order valence-electron chi connectivity index (χ0n) is 55.6. The summed E-state index contributed by atoms with van der Waals surface area (Å²) in [7, 11) is 10.0. The number of unbranched alkanes of at least 4 members (excludes halogenated alkanes) is 1. The van der Waals surface area contributed by atoms with Crippen LogP contribution in [-0.2, 0) is 50.0 Å². The molecule has 94 heavy (non-hydrogen) atoms. The minimum Gasteiger partial charge on any atom is -0.497 e. The fourth-order valence-corrected chi connectivity index (χ4v) is 12.0. The first-order valence-electron chi connectivity index (χ1n) is 32.5. The Kier molecular flexibility index (Phi) is 26.5. The standard InChI is InChI=1S/C81H92O13/c1-8-9-52-88-59-78(60-89-53-19-56-92-79(63-22-13-10-14-23-63,66-28-40-72(82-2)41-29-66)67-30-42-73(83-3)43-31-67,61-90-54-20-57-93-80(64-24-15-11-16-25-64,68-32-44-74(84-4)45-33-68)69-34-46-75(85-5)47-35-69)62-91-55-21-58-94-81(65-26-17-12-18-27-65,70-36-48-76(86-6)49-37-70)71-38-50-77(87-7)51-39-71/h10-18,22-51H,8-9,19-21,52-62H2,1-7H3. The van der Waals surface area contributed by atoms with Crippen molar-refractivity contribution in [3.05, 3.63) is 287 Å². The van der Waals surface area contributed by atoms with Crippen molar-refractivity contribution in [2.24, 2.45) is 5.41 Å². The first kappa shape index (κ1) is 69.8. The third-order valence-corrected chi connectivity index (χ3v) is 17.1. The third-order valence-electron chi connectivity index (χ3n) is 17.1. The summed E-state index contributed by atoms with van der Waals surface area (Å²) in [5.41, 5.74) is 5.07. The van der Waals surface area contributed by atoms with Crippen LogP contribution in [0.15, 0.2) is 237 Å². The predicted molar refractivity (Wildman–Crippen MR) is 369 cm³/mol. The molecule has 0 amide bonds. The van der Waals surface area contributed by atoms with Crippen molar-refractivity contribution in [2.75, 3.05) is 115 Å². The second kappa shape index (κ2) is 35.7. The lowest BCUT2D eigenvalue weighted by Crippen LogP contribution is -2.42. The van der Waals surface area contributed by atoms with Gasteiger partial charge in [0.15, 0.2) is 0 Å². The van der Waals surface area contributed by atoms with Crippen LogP contribution >= 0.6 is 0 Å². The number of ether oxygens (including phenoxy) is 13. The Hall–Kier alpha value is -8.50. The average Bonchev–Trinajstić information content (AvgIpc) is 0.786. The number of methoxy groups -OCH3 is 6. The molecule has 0 saturated carbocycles. The highest BCUT2D eigenvalue weighted by Crippen LogP contribution is 2.45. The highest BCUT2D eigenvalue weighted by atomic mass is 16.5. The molecule has 9 aromatic carbocycles. The molecule has 0 aliphatic rings. The van der Waals surface area contributed by atoms with E-state index in [2.05, 4.69) is 116 Å². The van der Waals surface area contributed by atoms with E-state index in [-0.39, 0.29) is 0 Å². The van der Waals surface area contributed by atoms with Crippen molar-refractivity contribution in [3.63, 3.8) is 0 Å². The van der Waals surface area contributed by atoms with Crippen molar-refractivity contribution in [1.29, 1.82) is 0 Å². The highest BCUT2D eigenvalue weighted by molar-refractivity contribution is 5.53. The minimum atomic E-state index is -0.972. The van der Waals surface area contributed by atoms with Crippen LogP contribution in [0.2, 0.25) is 0 Å². The first-order valence-corrected chi connectivity index (χ1v) is 32.5. The summed E-state index contributed by atoms with van der Waals surface area (Å²) in [5, 5.41) is 0. The van der Waals surface area contributed by atoms with Gasteiger partial charge in [-0.3, -0.25) is 0 Å². The zero-order valence-corrected chi connectivity index (χ0v) is 55.6. The molecule has 0 radical (unpaired) electrons. The Morgan fingerprint density at radius 3 is 0.606 bits per heavy atom. The normalized spacial score (nSPS) is 11.9. The summed E-state index contributed by atoms with van der Waals surface area (Å²) in [6.45, 7) is 6.28. The van der Waals surface area contributed by atoms with Gasteiger partial charge < -0.3 is 61.6 Å². The van der Waals surface area contributed by atoms with E-state index < -0.39 is 22.2 Å². The molecule has 13 nitrogen and oxygen atoms in total. The van der Waals surface area contributed by atoms with Gasteiger partial charge in [-0.2, -0.15) is 0 Å². The lowest BCUT2D eigenvalue weighted by Gasteiger charge is -2.36. The van der Waals surface area contributed by atoms with Gasteiger partial charge in [0.1, 0.15) is 51.3 Å².